The van der Waals surface area contributed by atoms with Crippen LogP contribution < -0.4 is 10.9 Å². The zero-order valence-electron chi connectivity index (χ0n) is 31.3. The summed E-state index contributed by atoms with van der Waals surface area (Å²) in [5, 5.41) is 17.2. The summed E-state index contributed by atoms with van der Waals surface area (Å²) in [6.45, 7) is 0.468. The van der Waals surface area contributed by atoms with E-state index in [0.717, 1.165) is 22.7 Å². The molecule has 2 atom stereocenters. The Morgan fingerprint density at radius 2 is 1.71 bits per heavy atom. The second-order valence-corrected chi connectivity index (χ2v) is 16.3. The van der Waals surface area contributed by atoms with Gasteiger partial charge in [-0.3, -0.25) is 14.4 Å². The van der Waals surface area contributed by atoms with Crippen molar-refractivity contribution in [2.24, 2.45) is 5.92 Å². The predicted molar refractivity (Wildman–Crippen MR) is 201 cm³/mol. The molecule has 4 amide bonds. The molecular formula is C39H37ClF5N9O5. The van der Waals surface area contributed by atoms with Crippen LogP contribution in [-0.4, -0.2) is 107 Å². The van der Waals surface area contributed by atoms with Crippen LogP contribution in [0.2, 0.25) is 5.02 Å². The highest BCUT2D eigenvalue weighted by molar-refractivity contribution is 6.33. The summed E-state index contributed by atoms with van der Waals surface area (Å²) in [6, 6.07) is 5.16. The second-order valence-electron chi connectivity index (χ2n) is 15.9. The van der Waals surface area contributed by atoms with Crippen molar-refractivity contribution < 1.29 is 41.4 Å². The fraction of sp³-hybridized carbons (Fsp3) is 0.462. The number of benzene rings is 1. The third kappa shape index (κ3) is 6.76. The molecule has 20 heteroatoms. The first-order valence-corrected chi connectivity index (χ1v) is 19.7. The van der Waals surface area contributed by atoms with Gasteiger partial charge in [0.15, 0.2) is 11.5 Å². The number of fused-ring (bicyclic) bond motifs is 6. The van der Waals surface area contributed by atoms with Crippen molar-refractivity contribution in [2.75, 3.05) is 44.6 Å². The SMILES string of the molecule is O=C(Cn1c2c(c(=O)n3nc(C4=CCN(C(=O)N5CCC(F)(F)CC5)CC4)nc13)C1(CCN(C(=O)c3ncccc3O)CC1)[C@@H]1C[C@H]21)Nc1ccc(C(F)(F)F)cc1Cl. The normalized spacial score (nSPS) is 21.9. The van der Waals surface area contributed by atoms with Gasteiger partial charge in [0.25, 0.3) is 17.4 Å². The Labute approximate surface area is 337 Å². The molecule has 3 fully saturated rings. The lowest BCUT2D eigenvalue weighted by Crippen LogP contribution is -2.49. The quantitative estimate of drug-likeness (QED) is 0.249. The van der Waals surface area contributed by atoms with Crippen LogP contribution in [0.15, 0.2) is 47.4 Å². The van der Waals surface area contributed by atoms with E-state index in [1.165, 1.54) is 23.2 Å². The van der Waals surface area contributed by atoms with Gasteiger partial charge in [-0.15, -0.1) is 5.10 Å². The number of hydrogen-bond donors (Lipinski definition) is 2. The molecule has 3 aromatic heterocycles. The molecule has 5 aliphatic rings. The summed E-state index contributed by atoms with van der Waals surface area (Å²) in [6.07, 6.45) is -0.416. The van der Waals surface area contributed by atoms with Crippen molar-refractivity contribution >= 4 is 46.5 Å². The Bertz CT molecular complexity index is 2500. The first-order chi connectivity index (χ1) is 28.0. The Balaban J connectivity index is 1.04. The molecule has 2 saturated heterocycles. The molecule has 1 spiro atoms. The predicted octanol–water partition coefficient (Wildman–Crippen LogP) is 5.53. The lowest BCUT2D eigenvalue weighted by Gasteiger charge is -2.41. The fourth-order valence-electron chi connectivity index (χ4n) is 9.35. The largest absolute Gasteiger partial charge is 0.505 e. The summed E-state index contributed by atoms with van der Waals surface area (Å²) in [7, 11) is 0. The van der Waals surface area contributed by atoms with Crippen LogP contribution in [0.25, 0.3) is 11.4 Å². The van der Waals surface area contributed by atoms with Gasteiger partial charge in [-0.2, -0.15) is 22.7 Å². The van der Waals surface area contributed by atoms with Crippen LogP contribution in [0, 0.1) is 5.92 Å². The molecule has 4 aromatic rings. The molecular weight excluding hydrogens is 805 g/mol. The number of anilines is 1. The number of aromatic hydroxyl groups is 1. The number of hydrogen-bond acceptors (Lipinski definition) is 8. The first-order valence-electron chi connectivity index (χ1n) is 19.3. The van der Waals surface area contributed by atoms with Crippen LogP contribution in [0.4, 0.5) is 32.4 Å². The maximum atomic E-state index is 14.7. The number of urea groups is 1. The van der Waals surface area contributed by atoms with Crippen LogP contribution in [-0.2, 0) is 22.9 Å². The summed E-state index contributed by atoms with van der Waals surface area (Å²) in [5.74, 6) is -3.92. The van der Waals surface area contributed by atoms with Crippen LogP contribution in [0.3, 0.4) is 0 Å². The number of carbonyl (C=O) groups excluding carboxylic acids is 3. The number of pyridine rings is 1. The number of carbonyl (C=O) groups is 3. The van der Waals surface area contributed by atoms with Crippen LogP contribution in [0.1, 0.15) is 77.6 Å². The molecule has 0 unspecified atom stereocenters. The molecule has 2 N–H and O–H groups in total. The smallest absolute Gasteiger partial charge is 0.416 e. The number of likely N-dealkylation sites (tertiary alicyclic amines) is 2. The van der Waals surface area contributed by atoms with E-state index in [-0.39, 0.29) is 97.4 Å². The molecule has 1 aromatic carbocycles. The van der Waals surface area contributed by atoms with Crippen LogP contribution in [0.5, 0.6) is 5.75 Å². The standard InChI is InChI=1S/C39H37ClF5N9O5/c40-25-18-22(39(43,44)45)3-4-26(25)47-28(56)20-53-31-23-19-24(23)37(7-14-50(15-8-37)34(58)30-27(55)2-1-11-46-30)29(31)33(57)54-35(53)48-32(49-54)21-5-12-51(13-6-21)36(59)52-16-9-38(41,42)10-17-52/h1-5,11,18,23-24,55H,6-10,12-17,19-20H2,(H,47,56)/t23-,24+/m0/s1. The topological polar surface area (TPSA) is 158 Å². The van der Waals surface area contributed by atoms with Gasteiger partial charge in [0, 0.05) is 80.9 Å². The van der Waals surface area contributed by atoms with Crippen molar-refractivity contribution in [3.8, 4) is 5.75 Å². The second kappa shape index (κ2) is 14.0. The maximum Gasteiger partial charge on any atom is 0.416 e. The van der Waals surface area contributed by atoms with E-state index in [9.17, 15) is 46.2 Å². The van der Waals surface area contributed by atoms with Crippen LogP contribution >= 0.6 is 11.6 Å². The average Bonchev–Trinajstić information content (AvgIpc) is 3.80. The van der Waals surface area contributed by atoms with E-state index in [0.29, 0.717) is 42.5 Å². The zero-order valence-corrected chi connectivity index (χ0v) is 32.1. The van der Waals surface area contributed by atoms with E-state index in [2.05, 4.69) is 15.4 Å². The van der Waals surface area contributed by atoms with E-state index >= 15 is 0 Å². The number of aromatic nitrogens is 5. The van der Waals surface area contributed by atoms with Gasteiger partial charge >= 0.3 is 12.2 Å². The minimum atomic E-state index is -4.64. The van der Waals surface area contributed by atoms with Gasteiger partial charge < -0.3 is 29.7 Å². The van der Waals surface area contributed by atoms with Crippen molar-refractivity contribution in [2.45, 2.75) is 68.5 Å². The zero-order chi connectivity index (χ0) is 41.6. The molecule has 1 saturated carbocycles. The molecule has 0 bridgehead atoms. The lowest BCUT2D eigenvalue weighted by atomic mass is 9.71. The minimum Gasteiger partial charge on any atom is -0.505 e. The third-order valence-corrected chi connectivity index (χ3v) is 12.8. The fourth-order valence-corrected chi connectivity index (χ4v) is 9.58. The monoisotopic (exact) mass is 841 g/mol. The van der Waals surface area contributed by atoms with E-state index in [4.69, 9.17) is 16.6 Å². The molecule has 9 rings (SSSR count). The Kier molecular flexibility index (Phi) is 9.24. The van der Waals surface area contributed by atoms with Crippen molar-refractivity contribution in [1.29, 1.82) is 0 Å². The number of rotatable bonds is 5. The van der Waals surface area contributed by atoms with Crippen molar-refractivity contribution in [3.05, 3.63) is 86.3 Å². The van der Waals surface area contributed by atoms with Crippen molar-refractivity contribution in [3.63, 3.8) is 0 Å². The highest BCUT2D eigenvalue weighted by Crippen LogP contribution is 2.67. The number of nitrogens with zero attached hydrogens (tertiary/aromatic N) is 8. The number of piperidine rings is 2. The Morgan fingerprint density at radius 3 is 2.37 bits per heavy atom. The molecule has 14 nitrogen and oxygen atoms in total. The van der Waals surface area contributed by atoms with Gasteiger partial charge in [0.05, 0.1) is 16.3 Å². The molecule has 6 heterocycles. The highest BCUT2D eigenvalue weighted by atomic mass is 35.5. The molecule has 59 heavy (non-hydrogen) atoms. The van der Waals surface area contributed by atoms with Gasteiger partial charge in [0.2, 0.25) is 11.7 Å². The summed E-state index contributed by atoms with van der Waals surface area (Å²) >= 11 is 6.18. The molecule has 2 aliphatic carbocycles. The average molecular weight is 842 g/mol. The third-order valence-electron chi connectivity index (χ3n) is 12.5. The minimum absolute atomic E-state index is 0.0339. The lowest BCUT2D eigenvalue weighted by molar-refractivity contribution is -0.137. The van der Waals surface area contributed by atoms with Gasteiger partial charge in [-0.1, -0.05) is 17.7 Å². The highest BCUT2D eigenvalue weighted by Gasteiger charge is 2.64. The summed E-state index contributed by atoms with van der Waals surface area (Å²) in [4.78, 5) is 68.4. The summed E-state index contributed by atoms with van der Waals surface area (Å²) in [5.41, 5.74) is -0.452. The van der Waals surface area contributed by atoms with Crippen molar-refractivity contribution in [1.82, 2.24) is 38.8 Å². The van der Waals surface area contributed by atoms with E-state index in [1.54, 1.807) is 20.4 Å². The number of alkyl halides is 5. The number of nitrogens with one attached hydrogen (secondary N) is 1. The maximum absolute atomic E-state index is 14.7. The number of amides is 4. The Hall–Kier alpha value is -5.59. The number of halogens is 6. The first kappa shape index (κ1) is 38.9. The Morgan fingerprint density at radius 1 is 0.983 bits per heavy atom. The van der Waals surface area contributed by atoms with E-state index in [1.807, 2.05) is 0 Å². The molecule has 310 valence electrons. The van der Waals surface area contributed by atoms with Gasteiger partial charge in [-0.25, -0.2) is 18.6 Å². The molecule has 0 radical (unpaired) electrons. The van der Waals surface area contributed by atoms with Gasteiger partial charge in [0.1, 0.15) is 12.3 Å². The summed E-state index contributed by atoms with van der Waals surface area (Å²) < 4.78 is 70.2. The van der Waals surface area contributed by atoms with Gasteiger partial charge in [-0.05, 0) is 67.5 Å². The molecule has 3 aliphatic heterocycles. The van der Waals surface area contributed by atoms with E-state index < -0.39 is 53.3 Å².